The molecule has 1 aliphatic heterocycles. The van der Waals surface area contributed by atoms with Gasteiger partial charge >= 0.3 is 0 Å². The van der Waals surface area contributed by atoms with Crippen molar-refractivity contribution in [2.24, 2.45) is 0 Å². The topological polar surface area (TPSA) is 66.4 Å². The lowest BCUT2D eigenvalue weighted by atomic mass is 10.1. The zero-order chi connectivity index (χ0) is 20.1. The predicted octanol–water partition coefficient (Wildman–Crippen LogP) is 3.13. The van der Waals surface area contributed by atoms with Gasteiger partial charge in [0.25, 0.3) is 0 Å². The average Bonchev–Trinajstić information content (AvgIpc) is 2.79. The van der Waals surface area contributed by atoms with Gasteiger partial charge in [0.1, 0.15) is 5.75 Å². The first-order valence-corrected chi connectivity index (χ1v) is 9.85. The van der Waals surface area contributed by atoms with Crippen LogP contribution >= 0.6 is 0 Å². The van der Waals surface area contributed by atoms with Gasteiger partial charge in [-0.3, -0.25) is 0 Å². The normalized spacial score (nSPS) is 14.0. The van der Waals surface area contributed by atoms with Crippen molar-refractivity contribution in [1.82, 2.24) is 15.2 Å². The van der Waals surface area contributed by atoms with Gasteiger partial charge in [-0.15, -0.1) is 5.10 Å². The Kier molecular flexibility index (Phi) is 5.74. The summed E-state index contributed by atoms with van der Waals surface area (Å²) in [5.41, 5.74) is 3.69. The summed E-state index contributed by atoms with van der Waals surface area (Å²) in [5, 5.41) is 11.6. The summed E-state index contributed by atoms with van der Waals surface area (Å²) in [6.45, 7) is 6.44. The fourth-order valence-electron chi connectivity index (χ4n) is 3.49. The third kappa shape index (κ3) is 4.56. The molecular weight excluding hydrogens is 364 g/mol. The molecule has 1 aliphatic rings. The minimum Gasteiger partial charge on any atom is -0.497 e. The maximum Gasteiger partial charge on any atom is 0.244 e. The highest BCUT2D eigenvalue weighted by atomic mass is 16.5. The molecule has 1 N–H and O–H groups in total. The molecule has 0 amide bonds. The third-order valence-corrected chi connectivity index (χ3v) is 5.29. The second-order valence-electron chi connectivity index (χ2n) is 7.09. The number of rotatable bonds is 6. The number of benzene rings is 2. The van der Waals surface area contributed by atoms with E-state index in [1.807, 2.05) is 24.3 Å². The number of hydrogen-bond donors (Lipinski definition) is 1. The van der Waals surface area contributed by atoms with E-state index in [2.05, 4.69) is 61.5 Å². The number of methoxy groups -OCH3 is 1. The van der Waals surface area contributed by atoms with Crippen molar-refractivity contribution in [2.75, 3.05) is 48.4 Å². The zero-order valence-electron chi connectivity index (χ0n) is 16.9. The van der Waals surface area contributed by atoms with Crippen LogP contribution in [0.4, 0.5) is 17.5 Å². The van der Waals surface area contributed by atoms with Crippen molar-refractivity contribution >= 4 is 17.5 Å². The molecule has 1 fully saturated rings. The molecule has 0 atom stereocenters. The van der Waals surface area contributed by atoms with Crippen molar-refractivity contribution in [3.8, 4) is 5.75 Å². The summed E-state index contributed by atoms with van der Waals surface area (Å²) in [6.07, 6.45) is 1.74. The summed E-state index contributed by atoms with van der Waals surface area (Å²) in [6, 6.07) is 16.5. The molecule has 150 valence electrons. The average molecular weight is 390 g/mol. The van der Waals surface area contributed by atoms with E-state index in [1.165, 1.54) is 16.8 Å². The first-order chi connectivity index (χ1) is 14.2. The summed E-state index contributed by atoms with van der Waals surface area (Å²) < 4.78 is 5.24. The van der Waals surface area contributed by atoms with Crippen LogP contribution in [-0.4, -0.2) is 48.5 Å². The molecule has 2 aromatic carbocycles. The number of aromatic nitrogens is 3. The Balaban J connectivity index is 1.36. The quantitative estimate of drug-likeness (QED) is 0.694. The molecule has 0 spiro atoms. The molecule has 1 aromatic heterocycles. The van der Waals surface area contributed by atoms with Gasteiger partial charge in [0.15, 0.2) is 5.82 Å². The smallest absolute Gasteiger partial charge is 0.244 e. The van der Waals surface area contributed by atoms with Crippen LogP contribution in [0.1, 0.15) is 11.1 Å². The van der Waals surface area contributed by atoms with Crippen LogP contribution in [-0.2, 0) is 6.54 Å². The summed E-state index contributed by atoms with van der Waals surface area (Å²) in [5.74, 6) is 2.30. The lowest BCUT2D eigenvalue weighted by Gasteiger charge is -2.36. The van der Waals surface area contributed by atoms with Gasteiger partial charge in [0, 0.05) is 38.4 Å². The lowest BCUT2D eigenvalue weighted by molar-refractivity contribution is 0.415. The minimum atomic E-state index is 0.559. The molecule has 3 aromatic rings. The Morgan fingerprint density at radius 3 is 2.41 bits per heavy atom. The highest BCUT2D eigenvalue weighted by Crippen LogP contribution is 2.22. The summed E-state index contributed by atoms with van der Waals surface area (Å²) in [4.78, 5) is 9.30. The second kappa shape index (κ2) is 8.77. The van der Waals surface area contributed by atoms with Crippen LogP contribution in [0.25, 0.3) is 0 Å². The number of aryl methyl sites for hydroxylation is 1. The highest BCUT2D eigenvalue weighted by Gasteiger charge is 2.19. The van der Waals surface area contributed by atoms with E-state index in [9.17, 15) is 0 Å². The van der Waals surface area contributed by atoms with Crippen LogP contribution in [0.15, 0.2) is 54.7 Å². The SMILES string of the molecule is COc1ccc(N2CCN(c3cnnc(NCc4ccccc4C)n3)CC2)cc1. The van der Waals surface area contributed by atoms with Crippen molar-refractivity contribution in [3.63, 3.8) is 0 Å². The maximum atomic E-state index is 5.24. The van der Waals surface area contributed by atoms with Crippen LogP contribution in [0.2, 0.25) is 0 Å². The molecular formula is C22H26N6O. The minimum absolute atomic E-state index is 0.559. The predicted molar refractivity (Wildman–Crippen MR) is 116 cm³/mol. The summed E-state index contributed by atoms with van der Waals surface area (Å²) in [7, 11) is 1.69. The largest absolute Gasteiger partial charge is 0.497 e. The molecule has 0 unspecified atom stereocenters. The van der Waals surface area contributed by atoms with E-state index in [0.29, 0.717) is 12.5 Å². The summed E-state index contributed by atoms with van der Waals surface area (Å²) >= 11 is 0. The van der Waals surface area contributed by atoms with Gasteiger partial charge in [0.05, 0.1) is 13.3 Å². The molecule has 2 heterocycles. The monoisotopic (exact) mass is 390 g/mol. The number of anilines is 3. The Hall–Kier alpha value is -3.35. The number of nitrogens with zero attached hydrogens (tertiary/aromatic N) is 5. The zero-order valence-corrected chi connectivity index (χ0v) is 16.9. The Bertz CT molecular complexity index is 938. The number of nitrogens with one attached hydrogen (secondary N) is 1. The first kappa shape index (κ1) is 19.0. The van der Waals surface area contributed by atoms with Gasteiger partial charge in [-0.2, -0.15) is 10.1 Å². The molecule has 29 heavy (non-hydrogen) atoms. The van der Waals surface area contributed by atoms with E-state index in [0.717, 1.165) is 37.7 Å². The lowest BCUT2D eigenvalue weighted by Crippen LogP contribution is -2.46. The molecule has 1 saturated heterocycles. The van der Waals surface area contributed by atoms with E-state index < -0.39 is 0 Å². The van der Waals surface area contributed by atoms with Crippen LogP contribution in [0, 0.1) is 6.92 Å². The van der Waals surface area contributed by atoms with Crippen molar-refractivity contribution < 1.29 is 4.74 Å². The number of ether oxygens (including phenoxy) is 1. The van der Waals surface area contributed by atoms with Gasteiger partial charge in [-0.1, -0.05) is 24.3 Å². The molecule has 7 nitrogen and oxygen atoms in total. The Labute approximate surface area is 171 Å². The molecule has 0 radical (unpaired) electrons. The molecule has 0 aliphatic carbocycles. The standard InChI is InChI=1S/C22H26N6O/c1-17-5-3-4-6-18(17)15-23-22-25-21(16-24-26-22)28-13-11-27(12-14-28)19-7-9-20(29-2)10-8-19/h3-10,16H,11-15H2,1-2H3,(H,23,25,26). The fourth-order valence-corrected chi connectivity index (χ4v) is 3.49. The molecule has 7 heteroatoms. The Morgan fingerprint density at radius 2 is 1.69 bits per heavy atom. The van der Waals surface area contributed by atoms with Crippen molar-refractivity contribution in [3.05, 3.63) is 65.9 Å². The number of piperazine rings is 1. The van der Waals surface area contributed by atoms with E-state index in [4.69, 9.17) is 4.74 Å². The Morgan fingerprint density at radius 1 is 0.966 bits per heavy atom. The first-order valence-electron chi connectivity index (χ1n) is 9.85. The van der Waals surface area contributed by atoms with Crippen LogP contribution < -0.4 is 19.9 Å². The van der Waals surface area contributed by atoms with Gasteiger partial charge < -0.3 is 19.9 Å². The van der Waals surface area contributed by atoms with Gasteiger partial charge in [0.2, 0.25) is 5.95 Å². The number of hydrogen-bond acceptors (Lipinski definition) is 7. The van der Waals surface area contributed by atoms with E-state index in [1.54, 1.807) is 13.3 Å². The van der Waals surface area contributed by atoms with Crippen molar-refractivity contribution in [2.45, 2.75) is 13.5 Å². The third-order valence-electron chi connectivity index (χ3n) is 5.29. The van der Waals surface area contributed by atoms with Gasteiger partial charge in [-0.05, 0) is 42.3 Å². The van der Waals surface area contributed by atoms with Crippen LogP contribution in [0.3, 0.4) is 0 Å². The molecule has 0 bridgehead atoms. The fraction of sp³-hybridized carbons (Fsp3) is 0.318. The second-order valence-corrected chi connectivity index (χ2v) is 7.09. The van der Waals surface area contributed by atoms with E-state index in [-0.39, 0.29) is 0 Å². The molecule has 4 rings (SSSR count). The maximum absolute atomic E-state index is 5.24. The van der Waals surface area contributed by atoms with Gasteiger partial charge in [-0.25, -0.2) is 0 Å². The van der Waals surface area contributed by atoms with Crippen molar-refractivity contribution in [1.29, 1.82) is 0 Å². The van der Waals surface area contributed by atoms with E-state index >= 15 is 0 Å². The highest BCUT2D eigenvalue weighted by molar-refractivity contribution is 5.51. The molecule has 0 saturated carbocycles. The van der Waals surface area contributed by atoms with Crippen LogP contribution in [0.5, 0.6) is 5.75 Å².